The lowest BCUT2D eigenvalue weighted by atomic mass is 9.49. The summed E-state index contributed by atoms with van der Waals surface area (Å²) < 4.78 is 0. The van der Waals surface area contributed by atoms with Gasteiger partial charge in [-0.15, -0.1) is 0 Å². The van der Waals surface area contributed by atoms with E-state index in [0.29, 0.717) is 17.7 Å². The van der Waals surface area contributed by atoms with Crippen LogP contribution in [0.4, 0.5) is 11.4 Å². The van der Waals surface area contributed by atoms with Crippen molar-refractivity contribution in [1.29, 1.82) is 0 Å². The second-order valence-corrected chi connectivity index (χ2v) is 8.35. The van der Waals surface area contributed by atoms with E-state index < -0.39 is 4.92 Å². The fourth-order valence-electron chi connectivity index (χ4n) is 6.00. The largest absolute Gasteiger partial charge is 0.326 e. The molecule has 4 saturated carbocycles. The van der Waals surface area contributed by atoms with Crippen LogP contribution in [0.1, 0.15) is 50.5 Å². The predicted octanol–water partition coefficient (Wildman–Crippen LogP) is 4.45. The van der Waals surface area contributed by atoms with Gasteiger partial charge in [-0.2, -0.15) is 0 Å². The lowest BCUT2D eigenvalue weighted by molar-refractivity contribution is -0.385. The molecule has 4 bridgehead atoms. The second-order valence-electron chi connectivity index (χ2n) is 8.35. The standard InChI is InChI=1S/C19H24N2O3/c1-12-16(3-2-4-17(12)21(23)24)20-18(22)11-19-8-13-5-14(9-19)7-15(6-13)10-19/h2-4,13-15H,5-11H2,1H3,(H,20,22). The summed E-state index contributed by atoms with van der Waals surface area (Å²) in [5.74, 6) is 2.48. The second kappa shape index (κ2) is 5.57. The Hall–Kier alpha value is -1.91. The van der Waals surface area contributed by atoms with Crippen molar-refractivity contribution in [3.8, 4) is 0 Å². The minimum absolute atomic E-state index is 0.0144. The Morgan fingerprint density at radius 3 is 2.33 bits per heavy atom. The summed E-state index contributed by atoms with van der Waals surface area (Å²) in [6, 6.07) is 4.86. The third-order valence-electron chi connectivity index (χ3n) is 6.48. The van der Waals surface area contributed by atoms with Gasteiger partial charge >= 0.3 is 0 Å². The lowest BCUT2D eigenvalue weighted by Gasteiger charge is -2.56. The maximum Gasteiger partial charge on any atom is 0.274 e. The third-order valence-corrected chi connectivity index (χ3v) is 6.48. The van der Waals surface area contributed by atoms with E-state index in [-0.39, 0.29) is 17.0 Å². The highest BCUT2D eigenvalue weighted by Crippen LogP contribution is 2.61. The fourth-order valence-corrected chi connectivity index (χ4v) is 6.00. The molecule has 128 valence electrons. The lowest BCUT2D eigenvalue weighted by Crippen LogP contribution is -2.47. The Morgan fingerprint density at radius 2 is 1.79 bits per heavy atom. The highest BCUT2D eigenvalue weighted by atomic mass is 16.6. The first-order chi connectivity index (χ1) is 11.4. The average molecular weight is 328 g/mol. The van der Waals surface area contributed by atoms with Gasteiger partial charge < -0.3 is 5.32 Å². The monoisotopic (exact) mass is 328 g/mol. The van der Waals surface area contributed by atoms with Crippen LogP contribution in [0.5, 0.6) is 0 Å². The van der Waals surface area contributed by atoms with E-state index in [2.05, 4.69) is 5.32 Å². The van der Waals surface area contributed by atoms with E-state index in [1.165, 1.54) is 44.6 Å². The van der Waals surface area contributed by atoms with Crippen molar-refractivity contribution in [1.82, 2.24) is 0 Å². The van der Waals surface area contributed by atoms with E-state index in [9.17, 15) is 14.9 Å². The molecule has 1 amide bonds. The van der Waals surface area contributed by atoms with Gasteiger partial charge in [0.2, 0.25) is 5.91 Å². The molecule has 1 aromatic carbocycles. The maximum absolute atomic E-state index is 12.6. The van der Waals surface area contributed by atoms with Gasteiger partial charge in [-0.3, -0.25) is 14.9 Å². The molecule has 5 heteroatoms. The Morgan fingerprint density at radius 1 is 1.21 bits per heavy atom. The molecule has 0 radical (unpaired) electrons. The molecule has 4 aliphatic rings. The first-order valence-electron chi connectivity index (χ1n) is 8.98. The van der Waals surface area contributed by atoms with Crippen molar-refractivity contribution in [3.05, 3.63) is 33.9 Å². The summed E-state index contributed by atoms with van der Waals surface area (Å²) >= 11 is 0. The van der Waals surface area contributed by atoms with Crippen molar-refractivity contribution in [2.75, 3.05) is 5.32 Å². The van der Waals surface area contributed by atoms with E-state index in [1.54, 1.807) is 19.1 Å². The highest BCUT2D eigenvalue weighted by molar-refractivity contribution is 5.92. The van der Waals surface area contributed by atoms with Crippen molar-refractivity contribution in [2.24, 2.45) is 23.2 Å². The van der Waals surface area contributed by atoms with E-state index in [1.807, 2.05) is 0 Å². The van der Waals surface area contributed by atoms with Gasteiger partial charge in [0.1, 0.15) is 0 Å². The van der Waals surface area contributed by atoms with Crippen LogP contribution in [0, 0.1) is 40.2 Å². The number of nitro benzene ring substituents is 1. The summed E-state index contributed by atoms with van der Waals surface area (Å²) in [7, 11) is 0. The zero-order chi connectivity index (χ0) is 16.9. The van der Waals surface area contributed by atoms with Crippen LogP contribution in [0.3, 0.4) is 0 Å². The van der Waals surface area contributed by atoms with Crippen LogP contribution < -0.4 is 5.32 Å². The molecule has 1 aromatic rings. The highest BCUT2D eigenvalue weighted by Gasteiger charge is 2.51. The average Bonchev–Trinajstić information content (AvgIpc) is 2.47. The van der Waals surface area contributed by atoms with E-state index in [0.717, 1.165) is 17.8 Å². The molecule has 5 rings (SSSR count). The van der Waals surface area contributed by atoms with Crippen molar-refractivity contribution in [2.45, 2.75) is 51.9 Å². The summed E-state index contributed by atoms with van der Waals surface area (Å²) in [6.45, 7) is 1.69. The summed E-state index contributed by atoms with van der Waals surface area (Å²) in [4.78, 5) is 23.3. The number of anilines is 1. The molecule has 0 aliphatic heterocycles. The van der Waals surface area contributed by atoms with Crippen molar-refractivity contribution in [3.63, 3.8) is 0 Å². The van der Waals surface area contributed by atoms with Gasteiger partial charge in [0.05, 0.1) is 16.2 Å². The number of rotatable bonds is 4. The summed E-state index contributed by atoms with van der Waals surface area (Å²) in [5.41, 5.74) is 1.34. The number of carbonyl (C=O) groups is 1. The molecular weight excluding hydrogens is 304 g/mol. The van der Waals surface area contributed by atoms with E-state index in [4.69, 9.17) is 0 Å². The molecule has 1 N–H and O–H groups in total. The molecule has 0 saturated heterocycles. The molecule has 4 fully saturated rings. The van der Waals surface area contributed by atoms with Crippen molar-refractivity contribution < 1.29 is 9.72 Å². The van der Waals surface area contributed by atoms with Gasteiger partial charge in [-0.1, -0.05) is 6.07 Å². The number of hydrogen-bond acceptors (Lipinski definition) is 3. The molecule has 0 heterocycles. The number of nitrogens with zero attached hydrogens (tertiary/aromatic N) is 1. The van der Waals surface area contributed by atoms with Crippen molar-refractivity contribution >= 4 is 17.3 Å². The SMILES string of the molecule is Cc1c(NC(=O)CC23CC4CC(CC(C4)C2)C3)cccc1[N+](=O)[O-]. The van der Waals surface area contributed by atoms with E-state index >= 15 is 0 Å². The number of nitrogens with one attached hydrogen (secondary N) is 1. The predicted molar refractivity (Wildman–Crippen MR) is 91.7 cm³/mol. The van der Waals surface area contributed by atoms with Gasteiger partial charge in [0, 0.05) is 12.5 Å². The molecule has 24 heavy (non-hydrogen) atoms. The van der Waals surface area contributed by atoms with Gasteiger partial charge in [-0.05, 0) is 74.7 Å². The van der Waals surface area contributed by atoms with Crippen LogP contribution >= 0.6 is 0 Å². The molecule has 0 aromatic heterocycles. The van der Waals surface area contributed by atoms with Gasteiger partial charge in [0.15, 0.2) is 0 Å². The normalized spacial score (nSPS) is 33.5. The zero-order valence-corrected chi connectivity index (χ0v) is 14.1. The Labute approximate surface area is 142 Å². The Bertz CT molecular complexity index is 663. The summed E-state index contributed by atoms with van der Waals surface area (Å²) in [5, 5.41) is 14.0. The first-order valence-corrected chi connectivity index (χ1v) is 8.98. The van der Waals surface area contributed by atoms with Crippen LogP contribution in [0.15, 0.2) is 18.2 Å². The fraction of sp³-hybridized carbons (Fsp3) is 0.632. The molecular formula is C19H24N2O3. The number of carbonyl (C=O) groups excluding carboxylic acids is 1. The number of benzene rings is 1. The molecule has 4 aliphatic carbocycles. The summed E-state index contributed by atoms with van der Waals surface area (Å²) in [6.07, 6.45) is 8.25. The minimum atomic E-state index is -0.399. The molecule has 5 nitrogen and oxygen atoms in total. The molecule has 0 atom stereocenters. The van der Waals surface area contributed by atoms with Gasteiger partial charge in [0.25, 0.3) is 5.69 Å². The zero-order valence-electron chi connectivity index (χ0n) is 14.1. The maximum atomic E-state index is 12.6. The Kier molecular flexibility index (Phi) is 3.62. The van der Waals surface area contributed by atoms with Crippen LogP contribution in [-0.4, -0.2) is 10.8 Å². The first kappa shape index (κ1) is 15.6. The number of hydrogen-bond donors (Lipinski definition) is 1. The van der Waals surface area contributed by atoms with Gasteiger partial charge in [-0.25, -0.2) is 0 Å². The smallest absolute Gasteiger partial charge is 0.274 e. The topological polar surface area (TPSA) is 72.2 Å². The van der Waals surface area contributed by atoms with Crippen LogP contribution in [0.25, 0.3) is 0 Å². The number of nitro groups is 1. The van der Waals surface area contributed by atoms with Crippen LogP contribution in [-0.2, 0) is 4.79 Å². The Balaban J connectivity index is 1.48. The quantitative estimate of drug-likeness (QED) is 0.655. The third kappa shape index (κ3) is 2.70. The molecule has 0 unspecified atom stereocenters. The molecule has 0 spiro atoms. The minimum Gasteiger partial charge on any atom is -0.326 e. The van der Waals surface area contributed by atoms with Crippen LogP contribution in [0.2, 0.25) is 0 Å². The number of amides is 1.